The van der Waals surface area contributed by atoms with E-state index in [1.54, 1.807) is 0 Å². The average molecular weight is 253 g/mol. The highest BCUT2D eigenvalue weighted by molar-refractivity contribution is 6.30. The van der Waals surface area contributed by atoms with E-state index < -0.39 is 0 Å². The minimum Gasteiger partial charge on any atom is -0.329 e. The number of nitrogens with zero attached hydrogens (tertiary/aromatic N) is 1. The molecule has 0 heterocycles. The van der Waals surface area contributed by atoms with Crippen molar-refractivity contribution in [3.63, 3.8) is 0 Å². The van der Waals surface area contributed by atoms with Gasteiger partial charge in [-0.05, 0) is 50.9 Å². The first kappa shape index (κ1) is 12.9. The Morgan fingerprint density at radius 3 is 2.65 bits per heavy atom. The van der Waals surface area contributed by atoms with E-state index in [9.17, 15) is 0 Å². The van der Waals surface area contributed by atoms with Gasteiger partial charge in [-0.3, -0.25) is 4.90 Å². The van der Waals surface area contributed by atoms with Gasteiger partial charge in [0.1, 0.15) is 0 Å². The lowest BCUT2D eigenvalue weighted by Gasteiger charge is -2.50. The predicted octanol–water partition coefficient (Wildman–Crippen LogP) is 3.21. The van der Waals surface area contributed by atoms with Gasteiger partial charge < -0.3 is 5.73 Å². The molecular formula is C14H21ClN2. The fraction of sp³-hybridized carbons (Fsp3) is 0.571. The molecule has 1 aromatic rings. The van der Waals surface area contributed by atoms with E-state index in [4.69, 9.17) is 17.3 Å². The van der Waals surface area contributed by atoms with Crippen LogP contribution in [0.1, 0.15) is 37.8 Å². The van der Waals surface area contributed by atoms with Gasteiger partial charge in [0.25, 0.3) is 0 Å². The Kier molecular flexibility index (Phi) is 3.76. The van der Waals surface area contributed by atoms with Crippen LogP contribution in [0.2, 0.25) is 5.02 Å². The van der Waals surface area contributed by atoms with Gasteiger partial charge in [0.2, 0.25) is 0 Å². The molecule has 0 amide bonds. The van der Waals surface area contributed by atoms with Gasteiger partial charge in [0, 0.05) is 23.1 Å². The van der Waals surface area contributed by atoms with Crippen LogP contribution >= 0.6 is 11.6 Å². The highest BCUT2D eigenvalue weighted by Crippen LogP contribution is 2.40. The number of hydrogen-bond donors (Lipinski definition) is 1. The van der Waals surface area contributed by atoms with Crippen LogP contribution < -0.4 is 5.73 Å². The SMILES string of the molecule is CC(c1cccc(Cl)c1)N(C)C1(CN)CCC1. The third kappa shape index (κ3) is 2.35. The summed E-state index contributed by atoms with van der Waals surface area (Å²) in [7, 11) is 2.18. The molecule has 1 unspecified atom stereocenters. The Hall–Kier alpha value is -0.570. The quantitative estimate of drug-likeness (QED) is 0.892. The Morgan fingerprint density at radius 1 is 1.47 bits per heavy atom. The van der Waals surface area contributed by atoms with E-state index in [0.717, 1.165) is 11.6 Å². The van der Waals surface area contributed by atoms with Gasteiger partial charge in [-0.15, -0.1) is 0 Å². The summed E-state index contributed by atoms with van der Waals surface area (Å²) < 4.78 is 0. The second kappa shape index (κ2) is 4.97. The molecule has 1 aliphatic rings. The molecule has 2 nitrogen and oxygen atoms in total. The number of halogens is 1. The fourth-order valence-corrected chi connectivity index (χ4v) is 2.89. The molecule has 1 aromatic carbocycles. The van der Waals surface area contributed by atoms with Gasteiger partial charge in [0.05, 0.1) is 0 Å². The van der Waals surface area contributed by atoms with Crippen LogP contribution in [0, 0.1) is 0 Å². The topological polar surface area (TPSA) is 29.3 Å². The molecule has 0 aromatic heterocycles. The first-order chi connectivity index (χ1) is 8.09. The maximum absolute atomic E-state index is 6.05. The first-order valence-corrected chi connectivity index (χ1v) is 6.65. The maximum atomic E-state index is 6.05. The van der Waals surface area contributed by atoms with Gasteiger partial charge in [-0.1, -0.05) is 23.7 Å². The van der Waals surface area contributed by atoms with Crippen molar-refractivity contribution in [2.45, 2.75) is 37.8 Å². The molecule has 2 N–H and O–H groups in total. The van der Waals surface area contributed by atoms with Crippen LogP contribution in [0.5, 0.6) is 0 Å². The molecule has 1 saturated carbocycles. The van der Waals surface area contributed by atoms with Crippen molar-refractivity contribution in [2.75, 3.05) is 13.6 Å². The average Bonchev–Trinajstić information content (AvgIpc) is 2.27. The lowest BCUT2D eigenvalue weighted by Crippen LogP contribution is -2.57. The smallest absolute Gasteiger partial charge is 0.0409 e. The number of nitrogens with two attached hydrogens (primary N) is 1. The Bertz CT molecular complexity index is 382. The summed E-state index contributed by atoms with van der Waals surface area (Å²) in [5.74, 6) is 0. The van der Waals surface area contributed by atoms with Gasteiger partial charge in [-0.25, -0.2) is 0 Å². The van der Waals surface area contributed by atoms with Crippen LogP contribution in [-0.4, -0.2) is 24.0 Å². The maximum Gasteiger partial charge on any atom is 0.0409 e. The lowest BCUT2D eigenvalue weighted by atomic mass is 9.74. The fourth-order valence-electron chi connectivity index (χ4n) is 2.69. The minimum atomic E-state index is 0.210. The zero-order chi connectivity index (χ0) is 12.5. The molecule has 1 fully saturated rings. The molecule has 0 bridgehead atoms. The molecule has 3 heteroatoms. The molecular weight excluding hydrogens is 232 g/mol. The molecule has 0 saturated heterocycles. The number of rotatable bonds is 4. The molecule has 0 spiro atoms. The van der Waals surface area contributed by atoms with Crippen molar-refractivity contribution in [1.82, 2.24) is 4.90 Å². The molecule has 0 aliphatic heterocycles. The first-order valence-electron chi connectivity index (χ1n) is 6.27. The zero-order valence-electron chi connectivity index (χ0n) is 10.6. The summed E-state index contributed by atoms with van der Waals surface area (Å²) in [4.78, 5) is 2.42. The second-order valence-electron chi connectivity index (χ2n) is 5.12. The van der Waals surface area contributed by atoms with E-state index in [1.165, 1.54) is 24.8 Å². The Labute approximate surface area is 109 Å². The van der Waals surface area contributed by atoms with Crippen molar-refractivity contribution in [1.29, 1.82) is 0 Å². The number of benzene rings is 1. The molecule has 0 radical (unpaired) electrons. The number of likely N-dealkylation sites (N-methyl/N-ethyl adjacent to an activating group) is 1. The molecule has 1 aliphatic carbocycles. The van der Waals surface area contributed by atoms with Crippen LogP contribution in [0.15, 0.2) is 24.3 Å². The van der Waals surface area contributed by atoms with E-state index >= 15 is 0 Å². The predicted molar refractivity (Wildman–Crippen MR) is 73.3 cm³/mol. The standard InChI is InChI=1S/C14H21ClN2/c1-11(12-5-3-6-13(15)9-12)17(2)14(10-16)7-4-8-14/h3,5-6,9,11H,4,7-8,10,16H2,1-2H3. The summed E-state index contributed by atoms with van der Waals surface area (Å²) in [5, 5.41) is 0.804. The molecule has 2 rings (SSSR count). The van der Waals surface area contributed by atoms with Crippen molar-refractivity contribution in [3.05, 3.63) is 34.9 Å². The summed E-state index contributed by atoms with van der Waals surface area (Å²) in [6.45, 7) is 2.97. The Balaban J connectivity index is 2.16. The lowest BCUT2D eigenvalue weighted by molar-refractivity contribution is 0.0163. The Morgan fingerprint density at radius 2 is 2.18 bits per heavy atom. The normalized spacial score (nSPS) is 20.1. The third-order valence-electron chi connectivity index (χ3n) is 4.32. The van der Waals surface area contributed by atoms with Crippen molar-refractivity contribution in [2.24, 2.45) is 5.73 Å². The molecule has 94 valence electrons. The summed E-state index contributed by atoms with van der Waals surface area (Å²) in [6.07, 6.45) is 3.72. The van der Waals surface area contributed by atoms with Gasteiger partial charge >= 0.3 is 0 Å². The molecule has 17 heavy (non-hydrogen) atoms. The highest BCUT2D eigenvalue weighted by Gasteiger charge is 2.41. The summed E-state index contributed by atoms with van der Waals surface area (Å²) >= 11 is 6.05. The zero-order valence-corrected chi connectivity index (χ0v) is 11.4. The van der Waals surface area contributed by atoms with Crippen molar-refractivity contribution >= 4 is 11.6 Å². The van der Waals surface area contributed by atoms with E-state index in [0.29, 0.717) is 6.04 Å². The third-order valence-corrected chi connectivity index (χ3v) is 4.56. The highest BCUT2D eigenvalue weighted by atomic mass is 35.5. The van der Waals surface area contributed by atoms with Crippen LogP contribution in [0.4, 0.5) is 0 Å². The van der Waals surface area contributed by atoms with Gasteiger partial charge in [0.15, 0.2) is 0 Å². The van der Waals surface area contributed by atoms with Crippen molar-refractivity contribution < 1.29 is 0 Å². The minimum absolute atomic E-state index is 0.210. The largest absolute Gasteiger partial charge is 0.329 e. The van der Waals surface area contributed by atoms with Crippen LogP contribution in [0.25, 0.3) is 0 Å². The van der Waals surface area contributed by atoms with E-state index in [-0.39, 0.29) is 5.54 Å². The van der Waals surface area contributed by atoms with Crippen LogP contribution in [-0.2, 0) is 0 Å². The summed E-state index contributed by atoms with van der Waals surface area (Å²) in [6, 6.07) is 8.47. The summed E-state index contributed by atoms with van der Waals surface area (Å²) in [5.41, 5.74) is 7.42. The van der Waals surface area contributed by atoms with Crippen LogP contribution in [0.3, 0.4) is 0 Å². The molecule has 1 atom stereocenters. The van der Waals surface area contributed by atoms with E-state index in [1.807, 2.05) is 18.2 Å². The van der Waals surface area contributed by atoms with Gasteiger partial charge in [-0.2, -0.15) is 0 Å². The second-order valence-corrected chi connectivity index (χ2v) is 5.56. The monoisotopic (exact) mass is 252 g/mol. The number of hydrogen-bond acceptors (Lipinski definition) is 2. The van der Waals surface area contributed by atoms with E-state index in [2.05, 4.69) is 24.9 Å². The van der Waals surface area contributed by atoms with Crippen molar-refractivity contribution in [3.8, 4) is 0 Å².